The molecule has 0 atom stereocenters. The number of rotatable bonds is 4. The number of hydrogen-bond donors (Lipinski definition) is 0. The first kappa shape index (κ1) is 18.5. The average molecular weight is 339 g/mol. The Balaban J connectivity index is 4.03. The predicted molar refractivity (Wildman–Crippen MR) is 67.0 cm³/mol. The van der Waals surface area contributed by atoms with E-state index < -0.39 is 52.6 Å². The fourth-order valence-corrected chi connectivity index (χ4v) is 1.82. The summed E-state index contributed by atoms with van der Waals surface area (Å²) in [6, 6.07) is 0. The number of aromatic nitrogens is 1. The number of ether oxygens (including phenoxy) is 2. The van der Waals surface area contributed by atoms with Gasteiger partial charge in [0.05, 0.1) is 25.3 Å². The number of carbonyl (C=O) groups is 2. The number of hydrogen-bond acceptors (Lipinski definition) is 5. The highest BCUT2D eigenvalue weighted by atomic mass is 19.4. The third kappa shape index (κ3) is 3.46. The summed E-state index contributed by atoms with van der Waals surface area (Å²) in [7, 11) is 1.62. The third-order valence-corrected chi connectivity index (χ3v) is 2.72. The molecule has 0 unspecified atom stereocenters. The maximum absolute atomic E-state index is 13.1. The summed E-state index contributed by atoms with van der Waals surface area (Å²) in [5.41, 5.74) is -6.33. The van der Waals surface area contributed by atoms with E-state index in [9.17, 15) is 31.5 Å². The maximum atomic E-state index is 13.1. The van der Waals surface area contributed by atoms with Crippen molar-refractivity contribution in [3.05, 3.63) is 34.7 Å². The fraction of sp³-hybridized carbons (Fsp3) is 0.308. The molecule has 0 amide bonds. The van der Waals surface area contributed by atoms with Gasteiger partial charge in [-0.2, -0.15) is 13.2 Å². The van der Waals surface area contributed by atoms with Crippen LogP contribution in [0.15, 0.2) is 6.58 Å². The van der Waals surface area contributed by atoms with Crippen LogP contribution in [-0.2, 0) is 15.7 Å². The molecule has 0 bridgehead atoms. The molecule has 1 aromatic rings. The van der Waals surface area contributed by atoms with E-state index >= 15 is 0 Å². The van der Waals surface area contributed by atoms with Crippen LogP contribution < -0.4 is 0 Å². The number of carbonyl (C=O) groups excluding carboxylic acids is 2. The van der Waals surface area contributed by atoms with Crippen LogP contribution in [0.3, 0.4) is 0 Å². The van der Waals surface area contributed by atoms with Gasteiger partial charge in [0.1, 0.15) is 5.69 Å². The first-order valence-electron chi connectivity index (χ1n) is 5.82. The van der Waals surface area contributed by atoms with Crippen molar-refractivity contribution in [3.63, 3.8) is 0 Å². The molecule has 0 saturated heterocycles. The molecule has 1 rings (SSSR count). The van der Waals surface area contributed by atoms with Gasteiger partial charge in [-0.3, -0.25) is 0 Å². The zero-order chi connectivity index (χ0) is 17.9. The zero-order valence-corrected chi connectivity index (χ0v) is 11.8. The highest BCUT2D eigenvalue weighted by Gasteiger charge is 2.42. The summed E-state index contributed by atoms with van der Waals surface area (Å²) < 4.78 is 73.7. The lowest BCUT2D eigenvalue weighted by molar-refractivity contribution is -0.142. The molecule has 0 fully saturated rings. The van der Waals surface area contributed by atoms with Crippen LogP contribution >= 0.6 is 0 Å². The van der Waals surface area contributed by atoms with Crippen molar-refractivity contribution in [3.8, 4) is 0 Å². The molecule has 0 radical (unpaired) electrons. The van der Waals surface area contributed by atoms with E-state index in [0.29, 0.717) is 6.08 Å². The van der Waals surface area contributed by atoms with Gasteiger partial charge in [0, 0.05) is 5.56 Å². The Bertz CT molecular complexity index is 655. The van der Waals surface area contributed by atoms with Crippen LogP contribution in [0.1, 0.15) is 44.1 Å². The molecular formula is C13H10F5NO4. The van der Waals surface area contributed by atoms with Crippen molar-refractivity contribution in [2.24, 2.45) is 0 Å². The van der Waals surface area contributed by atoms with Gasteiger partial charge in [0.25, 0.3) is 6.43 Å². The summed E-state index contributed by atoms with van der Waals surface area (Å²) in [5.74, 6) is -2.90. The summed E-state index contributed by atoms with van der Waals surface area (Å²) in [4.78, 5) is 26.1. The minimum absolute atomic E-state index is 0.654. The van der Waals surface area contributed by atoms with Crippen LogP contribution in [0.4, 0.5) is 22.0 Å². The largest absolute Gasteiger partial charge is 0.465 e. The number of alkyl halides is 5. The van der Waals surface area contributed by atoms with Gasteiger partial charge >= 0.3 is 18.1 Å². The van der Waals surface area contributed by atoms with Crippen LogP contribution in [0, 0.1) is 0 Å². The Hall–Kier alpha value is -2.52. The molecule has 1 heterocycles. The van der Waals surface area contributed by atoms with Crippen molar-refractivity contribution in [2.45, 2.75) is 12.6 Å². The van der Waals surface area contributed by atoms with E-state index in [1.807, 2.05) is 0 Å². The number of nitrogens with zero attached hydrogens (tertiary/aromatic N) is 1. The van der Waals surface area contributed by atoms with E-state index in [4.69, 9.17) is 0 Å². The molecule has 5 nitrogen and oxygen atoms in total. The summed E-state index contributed by atoms with van der Waals surface area (Å²) >= 11 is 0. The standard InChI is InChI=1S/C13H10F5NO4/c1-4-5-6(11(20)22-2)8(10(14)15)19-9(13(16,17)18)7(5)12(21)23-3/h4,10H,1H2,2-3H3. The molecule has 0 aliphatic rings. The number of esters is 2. The molecule has 0 spiro atoms. The van der Waals surface area contributed by atoms with E-state index in [1.54, 1.807) is 0 Å². The maximum Gasteiger partial charge on any atom is 0.434 e. The quantitative estimate of drug-likeness (QED) is 0.622. The second-order valence-corrected chi connectivity index (χ2v) is 4.00. The SMILES string of the molecule is C=Cc1c(C(=O)OC)c(C(F)F)nc(C(F)(F)F)c1C(=O)OC. The predicted octanol–water partition coefficient (Wildman–Crippen LogP) is 3.25. The molecule has 0 N–H and O–H groups in total. The molecule has 0 saturated carbocycles. The second kappa shape index (κ2) is 6.71. The fourth-order valence-electron chi connectivity index (χ4n) is 1.82. The third-order valence-electron chi connectivity index (χ3n) is 2.72. The Morgan fingerprint density at radius 2 is 1.61 bits per heavy atom. The minimum atomic E-state index is -5.24. The van der Waals surface area contributed by atoms with Crippen LogP contribution in [-0.4, -0.2) is 31.1 Å². The van der Waals surface area contributed by atoms with E-state index in [1.165, 1.54) is 0 Å². The van der Waals surface area contributed by atoms with Gasteiger partial charge < -0.3 is 9.47 Å². The lowest BCUT2D eigenvalue weighted by Crippen LogP contribution is -2.23. The summed E-state index contributed by atoms with van der Waals surface area (Å²) in [5, 5.41) is 0. The molecular weight excluding hydrogens is 329 g/mol. The Kier molecular flexibility index (Phi) is 5.41. The highest BCUT2D eigenvalue weighted by Crippen LogP contribution is 2.37. The number of pyridine rings is 1. The van der Waals surface area contributed by atoms with Gasteiger partial charge in [-0.05, 0) is 0 Å². The summed E-state index contributed by atoms with van der Waals surface area (Å²) in [6.45, 7) is 3.15. The topological polar surface area (TPSA) is 65.5 Å². The van der Waals surface area contributed by atoms with E-state index in [2.05, 4.69) is 21.0 Å². The van der Waals surface area contributed by atoms with Crippen molar-refractivity contribution in [2.75, 3.05) is 14.2 Å². The van der Waals surface area contributed by atoms with Crippen molar-refractivity contribution in [1.82, 2.24) is 4.98 Å². The van der Waals surface area contributed by atoms with Gasteiger partial charge in [-0.1, -0.05) is 12.7 Å². The molecule has 126 valence electrons. The first-order valence-corrected chi connectivity index (χ1v) is 5.82. The number of methoxy groups -OCH3 is 2. The molecule has 23 heavy (non-hydrogen) atoms. The van der Waals surface area contributed by atoms with Crippen LogP contribution in [0.5, 0.6) is 0 Å². The average Bonchev–Trinajstić information content (AvgIpc) is 2.49. The normalized spacial score (nSPS) is 11.3. The molecule has 0 aliphatic heterocycles. The minimum Gasteiger partial charge on any atom is -0.465 e. The van der Waals surface area contributed by atoms with Crippen LogP contribution in [0.2, 0.25) is 0 Å². The molecule has 0 aromatic carbocycles. The molecule has 1 aromatic heterocycles. The zero-order valence-electron chi connectivity index (χ0n) is 11.8. The molecule has 0 aliphatic carbocycles. The summed E-state index contributed by atoms with van der Waals surface area (Å²) in [6.07, 6.45) is -8.10. The monoisotopic (exact) mass is 339 g/mol. The second-order valence-electron chi connectivity index (χ2n) is 4.00. The lowest BCUT2D eigenvalue weighted by atomic mass is 9.97. The van der Waals surface area contributed by atoms with Gasteiger partial charge in [-0.25, -0.2) is 23.4 Å². The van der Waals surface area contributed by atoms with Crippen molar-refractivity contribution in [1.29, 1.82) is 0 Å². The lowest BCUT2D eigenvalue weighted by Gasteiger charge is -2.18. The Morgan fingerprint density at radius 3 is 1.96 bits per heavy atom. The van der Waals surface area contributed by atoms with Crippen LogP contribution in [0.25, 0.3) is 6.08 Å². The highest BCUT2D eigenvalue weighted by molar-refractivity contribution is 6.02. The van der Waals surface area contributed by atoms with Crippen molar-refractivity contribution < 1.29 is 41.0 Å². The Labute approximate surface area is 126 Å². The Morgan fingerprint density at radius 1 is 1.13 bits per heavy atom. The van der Waals surface area contributed by atoms with E-state index in [-0.39, 0.29) is 0 Å². The number of halogens is 5. The van der Waals surface area contributed by atoms with Crippen molar-refractivity contribution >= 4 is 18.0 Å². The van der Waals surface area contributed by atoms with Gasteiger partial charge in [0.15, 0.2) is 5.69 Å². The van der Waals surface area contributed by atoms with Gasteiger partial charge in [0.2, 0.25) is 0 Å². The van der Waals surface area contributed by atoms with Gasteiger partial charge in [-0.15, -0.1) is 0 Å². The molecule has 10 heteroatoms. The first-order chi connectivity index (χ1) is 10.6. The van der Waals surface area contributed by atoms with E-state index in [0.717, 1.165) is 14.2 Å². The smallest absolute Gasteiger partial charge is 0.434 e.